The molecular formula is C21H14F2N4O2S. The van der Waals surface area contributed by atoms with Crippen molar-refractivity contribution in [2.24, 2.45) is 0 Å². The number of halogens is 2. The molecule has 0 saturated heterocycles. The normalized spacial score (nSPS) is 10.9. The van der Waals surface area contributed by atoms with Gasteiger partial charge in [0.15, 0.2) is 22.4 Å². The lowest BCUT2D eigenvalue weighted by atomic mass is 10.3. The van der Waals surface area contributed by atoms with Crippen LogP contribution in [0.4, 0.5) is 14.5 Å². The number of amides is 1. The van der Waals surface area contributed by atoms with E-state index in [1.54, 1.807) is 36.4 Å². The third-order valence-electron chi connectivity index (χ3n) is 4.16. The average molecular weight is 424 g/mol. The molecule has 150 valence electrons. The molecule has 6 nitrogen and oxygen atoms in total. The summed E-state index contributed by atoms with van der Waals surface area (Å²) in [5.74, 6) is -2.61. The Morgan fingerprint density at radius 3 is 2.60 bits per heavy atom. The lowest BCUT2D eigenvalue weighted by Gasteiger charge is -2.12. The van der Waals surface area contributed by atoms with Gasteiger partial charge in [0.25, 0.3) is 5.56 Å². The topological polar surface area (TPSA) is 76.9 Å². The standard InChI is InChI=1S/C21H14F2N4O2S/c22-16-9-8-13(11-17(16)23)25-18(28)12-30-21-26-19-15(7-4-10-24-19)20(29)27(21)14-5-2-1-3-6-14/h1-11H,12H2,(H,25,28). The monoisotopic (exact) mass is 424 g/mol. The Kier molecular flexibility index (Phi) is 5.53. The minimum Gasteiger partial charge on any atom is -0.325 e. The average Bonchev–Trinajstić information content (AvgIpc) is 2.75. The number of thioether (sulfide) groups is 1. The van der Waals surface area contributed by atoms with Gasteiger partial charge in [0, 0.05) is 18.0 Å². The van der Waals surface area contributed by atoms with Gasteiger partial charge in [-0.15, -0.1) is 0 Å². The highest BCUT2D eigenvalue weighted by Crippen LogP contribution is 2.21. The van der Waals surface area contributed by atoms with E-state index < -0.39 is 17.5 Å². The first kappa shape index (κ1) is 19.7. The molecule has 0 aliphatic heterocycles. The molecule has 0 unspecified atom stereocenters. The Morgan fingerprint density at radius 2 is 1.83 bits per heavy atom. The fraction of sp³-hybridized carbons (Fsp3) is 0.0476. The Hall–Kier alpha value is -3.59. The Bertz CT molecular complexity index is 1300. The predicted molar refractivity (Wildman–Crippen MR) is 111 cm³/mol. The molecule has 0 spiro atoms. The van der Waals surface area contributed by atoms with Gasteiger partial charge in [0.05, 0.1) is 16.8 Å². The highest BCUT2D eigenvalue weighted by Gasteiger charge is 2.15. The van der Waals surface area contributed by atoms with E-state index in [1.807, 2.05) is 6.07 Å². The molecule has 2 aromatic heterocycles. The van der Waals surface area contributed by atoms with Crippen molar-refractivity contribution in [3.63, 3.8) is 0 Å². The van der Waals surface area contributed by atoms with Gasteiger partial charge in [-0.25, -0.2) is 18.7 Å². The van der Waals surface area contributed by atoms with Crippen molar-refractivity contribution in [3.05, 3.63) is 88.8 Å². The molecule has 2 aromatic carbocycles. The van der Waals surface area contributed by atoms with E-state index in [-0.39, 0.29) is 27.8 Å². The van der Waals surface area contributed by atoms with Crippen molar-refractivity contribution in [1.82, 2.24) is 14.5 Å². The molecule has 0 aliphatic carbocycles. The summed E-state index contributed by atoms with van der Waals surface area (Å²) >= 11 is 1.04. The van der Waals surface area contributed by atoms with Gasteiger partial charge in [-0.2, -0.15) is 0 Å². The Morgan fingerprint density at radius 1 is 1.03 bits per heavy atom. The molecule has 9 heteroatoms. The van der Waals surface area contributed by atoms with Crippen molar-refractivity contribution >= 4 is 34.4 Å². The van der Waals surface area contributed by atoms with Crippen LogP contribution in [0.1, 0.15) is 0 Å². The van der Waals surface area contributed by atoms with Gasteiger partial charge in [-0.3, -0.25) is 14.2 Å². The number of fused-ring (bicyclic) bond motifs is 1. The van der Waals surface area contributed by atoms with Crippen LogP contribution in [0.25, 0.3) is 16.7 Å². The molecule has 0 bridgehead atoms. The number of carbonyl (C=O) groups is 1. The zero-order valence-electron chi connectivity index (χ0n) is 15.4. The number of para-hydroxylation sites is 1. The van der Waals surface area contributed by atoms with Crippen molar-refractivity contribution in [2.45, 2.75) is 5.16 Å². The maximum Gasteiger partial charge on any atom is 0.268 e. The lowest BCUT2D eigenvalue weighted by molar-refractivity contribution is -0.113. The van der Waals surface area contributed by atoms with Crippen molar-refractivity contribution in [2.75, 3.05) is 11.1 Å². The third-order valence-corrected chi connectivity index (χ3v) is 5.10. The van der Waals surface area contributed by atoms with E-state index >= 15 is 0 Å². The van der Waals surface area contributed by atoms with Gasteiger partial charge < -0.3 is 5.32 Å². The van der Waals surface area contributed by atoms with E-state index in [2.05, 4.69) is 15.3 Å². The van der Waals surface area contributed by atoms with E-state index in [0.29, 0.717) is 11.1 Å². The second-order valence-corrected chi connectivity index (χ2v) is 7.15. The maximum atomic E-state index is 13.3. The third kappa shape index (κ3) is 4.06. The minimum absolute atomic E-state index is 0.101. The van der Waals surface area contributed by atoms with Crippen LogP contribution in [0.2, 0.25) is 0 Å². The Balaban J connectivity index is 1.64. The molecule has 4 aromatic rings. The first-order valence-corrected chi connectivity index (χ1v) is 9.82. The van der Waals surface area contributed by atoms with Crippen molar-refractivity contribution in [3.8, 4) is 5.69 Å². The predicted octanol–water partition coefficient (Wildman–Crippen LogP) is 3.79. The van der Waals surface area contributed by atoms with Crippen LogP contribution in [0.3, 0.4) is 0 Å². The summed E-state index contributed by atoms with van der Waals surface area (Å²) in [6.07, 6.45) is 1.53. The van der Waals surface area contributed by atoms with Crippen molar-refractivity contribution in [1.29, 1.82) is 0 Å². The fourth-order valence-corrected chi connectivity index (χ4v) is 3.60. The summed E-state index contributed by atoms with van der Waals surface area (Å²) in [7, 11) is 0. The molecule has 1 N–H and O–H groups in total. The number of hydrogen-bond donors (Lipinski definition) is 1. The number of hydrogen-bond acceptors (Lipinski definition) is 5. The zero-order valence-corrected chi connectivity index (χ0v) is 16.2. The molecule has 0 saturated carbocycles. The molecule has 0 radical (unpaired) electrons. The van der Waals surface area contributed by atoms with Gasteiger partial charge >= 0.3 is 0 Å². The van der Waals surface area contributed by atoms with Crippen LogP contribution in [0.15, 0.2) is 76.8 Å². The van der Waals surface area contributed by atoms with Crippen LogP contribution in [-0.4, -0.2) is 26.2 Å². The first-order chi connectivity index (χ1) is 14.5. The molecule has 0 fully saturated rings. The zero-order chi connectivity index (χ0) is 21.1. The van der Waals surface area contributed by atoms with Crippen LogP contribution < -0.4 is 10.9 Å². The van der Waals surface area contributed by atoms with Gasteiger partial charge in [-0.1, -0.05) is 30.0 Å². The number of nitrogens with zero attached hydrogens (tertiary/aromatic N) is 3. The molecule has 30 heavy (non-hydrogen) atoms. The Labute approximate surface area is 173 Å². The number of aromatic nitrogens is 3. The maximum absolute atomic E-state index is 13.3. The SMILES string of the molecule is O=C(CSc1nc2ncccc2c(=O)n1-c1ccccc1)Nc1ccc(F)c(F)c1. The summed E-state index contributed by atoms with van der Waals surface area (Å²) in [5.41, 5.74) is 0.707. The summed E-state index contributed by atoms with van der Waals surface area (Å²) in [4.78, 5) is 33.9. The van der Waals surface area contributed by atoms with Crippen LogP contribution in [-0.2, 0) is 4.79 Å². The molecule has 2 heterocycles. The van der Waals surface area contributed by atoms with Gasteiger partial charge in [0.2, 0.25) is 5.91 Å². The van der Waals surface area contributed by atoms with E-state index in [0.717, 1.165) is 23.9 Å². The number of benzene rings is 2. The highest BCUT2D eigenvalue weighted by molar-refractivity contribution is 7.99. The van der Waals surface area contributed by atoms with Gasteiger partial charge in [0.1, 0.15) is 0 Å². The second kappa shape index (κ2) is 8.42. The molecule has 0 atom stereocenters. The molecule has 0 aliphatic rings. The first-order valence-electron chi connectivity index (χ1n) is 8.84. The van der Waals surface area contributed by atoms with Crippen LogP contribution in [0.5, 0.6) is 0 Å². The second-order valence-electron chi connectivity index (χ2n) is 6.21. The largest absolute Gasteiger partial charge is 0.325 e. The highest BCUT2D eigenvalue weighted by atomic mass is 32.2. The number of anilines is 1. The molecular weight excluding hydrogens is 410 g/mol. The quantitative estimate of drug-likeness (QED) is 0.390. The summed E-state index contributed by atoms with van der Waals surface area (Å²) < 4.78 is 27.8. The summed E-state index contributed by atoms with van der Waals surface area (Å²) in [6.45, 7) is 0. The van der Waals surface area contributed by atoms with Crippen molar-refractivity contribution < 1.29 is 13.6 Å². The number of rotatable bonds is 5. The number of nitrogens with one attached hydrogen (secondary N) is 1. The van der Waals surface area contributed by atoms with E-state index in [4.69, 9.17) is 0 Å². The van der Waals surface area contributed by atoms with Crippen LogP contribution >= 0.6 is 11.8 Å². The smallest absolute Gasteiger partial charge is 0.268 e. The fourth-order valence-electron chi connectivity index (χ4n) is 2.80. The number of carbonyl (C=O) groups excluding carboxylic acids is 1. The molecule has 1 amide bonds. The van der Waals surface area contributed by atoms with E-state index in [1.165, 1.54) is 16.8 Å². The summed E-state index contributed by atoms with van der Waals surface area (Å²) in [5, 5.41) is 3.14. The van der Waals surface area contributed by atoms with Crippen LogP contribution in [0, 0.1) is 11.6 Å². The minimum atomic E-state index is -1.05. The number of pyridine rings is 1. The van der Waals surface area contributed by atoms with Gasteiger partial charge in [-0.05, 0) is 36.4 Å². The lowest BCUT2D eigenvalue weighted by Crippen LogP contribution is -2.23. The van der Waals surface area contributed by atoms with E-state index in [9.17, 15) is 18.4 Å². The molecule has 4 rings (SSSR count). The summed E-state index contributed by atoms with van der Waals surface area (Å²) in [6, 6.07) is 15.3.